The number of benzene rings is 4. The van der Waals surface area contributed by atoms with Crippen LogP contribution in [0.2, 0.25) is 0 Å². The molecule has 0 amide bonds. The summed E-state index contributed by atoms with van der Waals surface area (Å²) in [4.78, 5) is 0. The molecule has 0 saturated heterocycles. The number of hydrogen-bond donors (Lipinski definition) is 0. The van der Waals surface area contributed by atoms with Gasteiger partial charge in [0.1, 0.15) is 0 Å². The van der Waals surface area contributed by atoms with Gasteiger partial charge in [-0.1, -0.05) is 60.4 Å². The molecule has 0 aliphatic rings. The van der Waals surface area contributed by atoms with Crippen molar-refractivity contribution in [3.8, 4) is 11.8 Å². The fourth-order valence-corrected chi connectivity index (χ4v) is 3.53. The van der Waals surface area contributed by atoms with Gasteiger partial charge in [-0.2, -0.15) is 26.3 Å². The third kappa shape index (κ3) is 3.59. The van der Waals surface area contributed by atoms with Gasteiger partial charge in [0.05, 0.1) is 11.1 Å². The molecule has 0 bridgehead atoms. The average molecular weight is 414 g/mol. The Balaban J connectivity index is 2.08. The second-order valence-electron chi connectivity index (χ2n) is 6.67. The lowest BCUT2D eigenvalue weighted by Crippen LogP contribution is -2.12. The van der Waals surface area contributed by atoms with Gasteiger partial charge in [-0.05, 0) is 45.8 Å². The van der Waals surface area contributed by atoms with Crippen molar-refractivity contribution in [3.63, 3.8) is 0 Å². The maximum absolute atomic E-state index is 13.9. The number of hydrogen-bond acceptors (Lipinski definition) is 0. The minimum atomic E-state index is -4.84. The molecule has 0 aliphatic heterocycles. The summed E-state index contributed by atoms with van der Waals surface area (Å²) in [6.45, 7) is 0. The lowest BCUT2D eigenvalue weighted by molar-refractivity contribution is -0.137. The van der Waals surface area contributed by atoms with E-state index in [2.05, 4.69) is 11.8 Å². The molecule has 0 unspecified atom stereocenters. The molecule has 0 spiro atoms. The first-order chi connectivity index (χ1) is 14.2. The maximum atomic E-state index is 13.9. The average Bonchev–Trinajstić information content (AvgIpc) is 2.69. The van der Waals surface area contributed by atoms with Crippen LogP contribution in [0.3, 0.4) is 0 Å². The Kier molecular flexibility index (Phi) is 4.70. The van der Waals surface area contributed by atoms with Gasteiger partial charge in [-0.15, -0.1) is 0 Å². The van der Waals surface area contributed by atoms with Crippen molar-refractivity contribution in [3.05, 3.63) is 95.1 Å². The van der Waals surface area contributed by atoms with Crippen LogP contribution in [0.25, 0.3) is 21.5 Å². The number of halogens is 6. The van der Waals surface area contributed by atoms with E-state index in [-0.39, 0.29) is 5.56 Å². The van der Waals surface area contributed by atoms with E-state index in [1.165, 1.54) is 18.2 Å². The first-order valence-corrected chi connectivity index (χ1v) is 8.86. The van der Waals surface area contributed by atoms with E-state index in [0.717, 1.165) is 24.3 Å². The standard InChI is InChI=1S/C24H12F6/c25-23(26,27)21-17-8-4-5-9-18(17)22(24(28,29)30)20-14-16(12-13-19(20)21)11-10-15-6-2-1-3-7-15/h1-9,12-14H. The van der Waals surface area contributed by atoms with Crippen LogP contribution in [0.15, 0.2) is 72.8 Å². The van der Waals surface area contributed by atoms with Gasteiger partial charge < -0.3 is 0 Å². The zero-order valence-electron chi connectivity index (χ0n) is 15.2. The SMILES string of the molecule is FC(F)(F)c1c2ccccc2c(C(F)(F)F)c2cc(C#Cc3ccccc3)ccc12. The largest absolute Gasteiger partial charge is 0.417 e. The summed E-state index contributed by atoms with van der Waals surface area (Å²) in [6, 6.07) is 16.9. The van der Waals surface area contributed by atoms with Gasteiger partial charge in [0.2, 0.25) is 0 Å². The third-order valence-electron chi connectivity index (χ3n) is 4.72. The second-order valence-corrected chi connectivity index (χ2v) is 6.67. The van der Waals surface area contributed by atoms with Gasteiger partial charge >= 0.3 is 12.4 Å². The van der Waals surface area contributed by atoms with Crippen molar-refractivity contribution in [2.45, 2.75) is 12.4 Å². The van der Waals surface area contributed by atoms with Crippen molar-refractivity contribution in [1.29, 1.82) is 0 Å². The van der Waals surface area contributed by atoms with Crippen LogP contribution in [0, 0.1) is 11.8 Å². The highest BCUT2D eigenvalue weighted by Crippen LogP contribution is 2.47. The summed E-state index contributed by atoms with van der Waals surface area (Å²) in [5, 5.41) is -1.99. The lowest BCUT2D eigenvalue weighted by atomic mass is 9.90. The Morgan fingerprint density at radius 1 is 0.467 bits per heavy atom. The molecule has 0 N–H and O–H groups in total. The molecule has 0 nitrogen and oxygen atoms in total. The van der Waals surface area contributed by atoms with Crippen molar-refractivity contribution < 1.29 is 26.3 Å². The molecular weight excluding hydrogens is 402 g/mol. The monoisotopic (exact) mass is 414 g/mol. The minimum Gasteiger partial charge on any atom is -0.166 e. The van der Waals surface area contributed by atoms with Crippen molar-refractivity contribution >= 4 is 21.5 Å². The quantitative estimate of drug-likeness (QED) is 0.159. The Morgan fingerprint density at radius 2 is 0.933 bits per heavy atom. The Bertz CT molecular complexity index is 1300. The molecule has 150 valence electrons. The number of rotatable bonds is 0. The van der Waals surface area contributed by atoms with E-state index in [1.807, 2.05) is 0 Å². The fourth-order valence-electron chi connectivity index (χ4n) is 3.53. The molecule has 4 aromatic carbocycles. The van der Waals surface area contributed by atoms with Crippen molar-refractivity contribution in [1.82, 2.24) is 0 Å². The molecule has 0 heterocycles. The third-order valence-corrected chi connectivity index (χ3v) is 4.72. The van der Waals surface area contributed by atoms with Crippen LogP contribution in [0.4, 0.5) is 26.3 Å². The van der Waals surface area contributed by atoms with Gasteiger partial charge in [-0.25, -0.2) is 0 Å². The summed E-state index contributed by atoms with van der Waals surface area (Å²) in [5.74, 6) is 5.55. The molecular formula is C24H12F6. The lowest BCUT2D eigenvalue weighted by Gasteiger charge is -2.20. The summed E-state index contributed by atoms with van der Waals surface area (Å²) < 4.78 is 83.3. The predicted octanol–water partition coefficient (Wildman–Crippen LogP) is 7.43. The molecule has 0 fully saturated rings. The van der Waals surface area contributed by atoms with Crippen LogP contribution >= 0.6 is 0 Å². The zero-order valence-corrected chi connectivity index (χ0v) is 15.2. The number of fused-ring (bicyclic) bond motifs is 2. The highest BCUT2D eigenvalue weighted by molar-refractivity contribution is 6.07. The molecule has 30 heavy (non-hydrogen) atoms. The molecule has 0 atom stereocenters. The Labute approximate surface area is 167 Å². The summed E-state index contributed by atoms with van der Waals surface area (Å²) in [5.41, 5.74) is -1.34. The highest BCUT2D eigenvalue weighted by Gasteiger charge is 2.40. The minimum absolute atomic E-state index is 0.195. The second kappa shape index (κ2) is 7.10. The highest BCUT2D eigenvalue weighted by atomic mass is 19.4. The van der Waals surface area contributed by atoms with Crippen molar-refractivity contribution in [2.75, 3.05) is 0 Å². The zero-order chi connectivity index (χ0) is 21.5. The van der Waals surface area contributed by atoms with E-state index in [4.69, 9.17) is 0 Å². The van der Waals surface area contributed by atoms with Crippen LogP contribution in [0.1, 0.15) is 22.3 Å². The summed E-state index contributed by atoms with van der Waals surface area (Å²) >= 11 is 0. The molecule has 0 saturated carbocycles. The molecule has 4 rings (SSSR count). The van der Waals surface area contributed by atoms with Crippen LogP contribution in [-0.4, -0.2) is 0 Å². The first-order valence-electron chi connectivity index (χ1n) is 8.86. The van der Waals surface area contributed by atoms with Gasteiger partial charge in [0.15, 0.2) is 0 Å². The van der Waals surface area contributed by atoms with E-state index >= 15 is 0 Å². The topological polar surface area (TPSA) is 0 Å². The van der Waals surface area contributed by atoms with Gasteiger partial charge in [0.25, 0.3) is 0 Å². The molecule has 0 radical (unpaired) electrons. The molecule has 4 aromatic rings. The maximum Gasteiger partial charge on any atom is 0.417 e. The normalized spacial score (nSPS) is 12.1. The van der Waals surface area contributed by atoms with Crippen molar-refractivity contribution in [2.24, 2.45) is 0 Å². The first kappa shape index (κ1) is 19.8. The number of alkyl halides is 6. The van der Waals surface area contributed by atoms with Crippen LogP contribution in [-0.2, 0) is 12.4 Å². The molecule has 6 heteroatoms. The Hall–Kier alpha value is -3.46. The van der Waals surface area contributed by atoms with E-state index in [9.17, 15) is 26.3 Å². The predicted molar refractivity (Wildman–Crippen MR) is 104 cm³/mol. The van der Waals surface area contributed by atoms with E-state index in [1.54, 1.807) is 30.3 Å². The van der Waals surface area contributed by atoms with Crippen LogP contribution in [0.5, 0.6) is 0 Å². The van der Waals surface area contributed by atoms with E-state index < -0.39 is 45.0 Å². The summed E-state index contributed by atoms with van der Waals surface area (Å²) in [7, 11) is 0. The molecule has 0 aromatic heterocycles. The molecule has 0 aliphatic carbocycles. The van der Waals surface area contributed by atoms with Gasteiger partial charge in [-0.3, -0.25) is 0 Å². The van der Waals surface area contributed by atoms with Gasteiger partial charge in [0, 0.05) is 11.1 Å². The smallest absolute Gasteiger partial charge is 0.166 e. The van der Waals surface area contributed by atoms with E-state index in [0.29, 0.717) is 5.56 Å². The summed E-state index contributed by atoms with van der Waals surface area (Å²) in [6.07, 6.45) is -9.66. The fraction of sp³-hybridized carbons (Fsp3) is 0.0833. The Morgan fingerprint density at radius 3 is 1.50 bits per heavy atom. The van der Waals surface area contributed by atoms with Crippen LogP contribution < -0.4 is 0 Å².